The van der Waals surface area contributed by atoms with Crippen molar-refractivity contribution in [2.75, 3.05) is 13.1 Å². The van der Waals surface area contributed by atoms with E-state index >= 15 is 0 Å². The van der Waals surface area contributed by atoms with Crippen molar-refractivity contribution in [3.63, 3.8) is 0 Å². The number of hydrogen-bond donors (Lipinski definition) is 0. The van der Waals surface area contributed by atoms with Gasteiger partial charge in [-0.25, -0.2) is 0 Å². The Morgan fingerprint density at radius 2 is 1.86 bits per heavy atom. The molecule has 4 nitrogen and oxygen atoms in total. The summed E-state index contributed by atoms with van der Waals surface area (Å²) >= 11 is 6.16. The van der Waals surface area contributed by atoms with Crippen LogP contribution in [0.2, 0.25) is 5.02 Å². The summed E-state index contributed by atoms with van der Waals surface area (Å²) in [7, 11) is 0. The highest BCUT2D eigenvalue weighted by molar-refractivity contribution is 6.31. The second-order valence-electron chi connectivity index (χ2n) is 5.56. The summed E-state index contributed by atoms with van der Waals surface area (Å²) < 4.78 is 5.37. The van der Waals surface area contributed by atoms with Crippen LogP contribution in [0.4, 0.5) is 0 Å². The smallest absolute Gasteiger partial charge is 0.240 e. The van der Waals surface area contributed by atoms with Crippen LogP contribution in [0.15, 0.2) is 28.8 Å². The number of benzene rings is 1. The van der Waals surface area contributed by atoms with Crippen molar-refractivity contribution in [3.05, 3.63) is 46.6 Å². The van der Waals surface area contributed by atoms with Crippen LogP contribution in [0.1, 0.15) is 43.0 Å². The SMILES string of the molecule is Clc1ccccc1Cc1noc(CN2CCCCCC2)n1. The van der Waals surface area contributed by atoms with Gasteiger partial charge in [0.1, 0.15) is 0 Å². The Morgan fingerprint density at radius 1 is 1.10 bits per heavy atom. The van der Waals surface area contributed by atoms with Gasteiger partial charge in [0.05, 0.1) is 6.54 Å². The van der Waals surface area contributed by atoms with E-state index in [2.05, 4.69) is 15.0 Å². The molecule has 0 atom stereocenters. The van der Waals surface area contributed by atoms with Crippen molar-refractivity contribution in [3.8, 4) is 0 Å². The third-order valence-corrected chi connectivity index (χ3v) is 4.24. The van der Waals surface area contributed by atoms with Crippen molar-refractivity contribution in [2.24, 2.45) is 0 Å². The zero-order chi connectivity index (χ0) is 14.5. The lowest BCUT2D eigenvalue weighted by Crippen LogP contribution is -2.24. The van der Waals surface area contributed by atoms with Gasteiger partial charge in [0.25, 0.3) is 0 Å². The molecule has 1 aromatic heterocycles. The Labute approximate surface area is 130 Å². The zero-order valence-corrected chi connectivity index (χ0v) is 12.9. The fourth-order valence-corrected chi connectivity index (χ4v) is 2.93. The molecule has 5 heteroatoms. The van der Waals surface area contributed by atoms with E-state index in [1.807, 2.05) is 24.3 Å². The molecule has 0 bridgehead atoms. The average molecular weight is 306 g/mol. The molecule has 1 aromatic carbocycles. The van der Waals surface area contributed by atoms with Crippen molar-refractivity contribution >= 4 is 11.6 Å². The Hall–Kier alpha value is -1.39. The molecule has 112 valence electrons. The van der Waals surface area contributed by atoms with Gasteiger partial charge in [0.15, 0.2) is 5.82 Å². The molecule has 0 radical (unpaired) electrons. The van der Waals surface area contributed by atoms with Gasteiger partial charge in [-0.2, -0.15) is 4.98 Å². The van der Waals surface area contributed by atoms with E-state index in [4.69, 9.17) is 16.1 Å². The fraction of sp³-hybridized carbons (Fsp3) is 0.500. The van der Waals surface area contributed by atoms with Gasteiger partial charge in [0.2, 0.25) is 5.89 Å². The van der Waals surface area contributed by atoms with E-state index in [1.54, 1.807) is 0 Å². The number of aromatic nitrogens is 2. The quantitative estimate of drug-likeness (QED) is 0.864. The first-order chi connectivity index (χ1) is 10.3. The first kappa shape index (κ1) is 14.5. The van der Waals surface area contributed by atoms with E-state index in [-0.39, 0.29) is 0 Å². The van der Waals surface area contributed by atoms with E-state index in [1.165, 1.54) is 25.7 Å². The van der Waals surface area contributed by atoms with Crippen LogP contribution in [0, 0.1) is 0 Å². The minimum atomic E-state index is 0.614. The molecule has 0 aliphatic carbocycles. The van der Waals surface area contributed by atoms with E-state index in [0.29, 0.717) is 18.1 Å². The lowest BCUT2D eigenvalue weighted by molar-refractivity contribution is 0.233. The van der Waals surface area contributed by atoms with Gasteiger partial charge < -0.3 is 4.52 Å². The summed E-state index contributed by atoms with van der Waals surface area (Å²) in [6.07, 6.45) is 5.81. The Kier molecular flexibility index (Phi) is 4.88. The van der Waals surface area contributed by atoms with Crippen LogP contribution in [0.5, 0.6) is 0 Å². The molecule has 0 unspecified atom stereocenters. The highest BCUT2D eigenvalue weighted by Crippen LogP contribution is 2.18. The van der Waals surface area contributed by atoms with E-state index in [0.717, 1.165) is 30.2 Å². The van der Waals surface area contributed by atoms with Crippen molar-refractivity contribution in [1.82, 2.24) is 15.0 Å². The molecule has 0 spiro atoms. The van der Waals surface area contributed by atoms with Crippen LogP contribution in [-0.2, 0) is 13.0 Å². The molecular weight excluding hydrogens is 286 g/mol. The fourth-order valence-electron chi connectivity index (χ4n) is 2.72. The first-order valence-electron chi connectivity index (χ1n) is 7.58. The number of nitrogens with zero attached hydrogens (tertiary/aromatic N) is 3. The predicted molar refractivity (Wildman–Crippen MR) is 82.3 cm³/mol. The Bertz CT molecular complexity index is 576. The summed E-state index contributed by atoms with van der Waals surface area (Å²) in [5.74, 6) is 1.41. The monoisotopic (exact) mass is 305 g/mol. The summed E-state index contributed by atoms with van der Waals surface area (Å²) in [4.78, 5) is 6.90. The molecule has 0 saturated carbocycles. The molecule has 0 N–H and O–H groups in total. The molecule has 1 saturated heterocycles. The molecule has 21 heavy (non-hydrogen) atoms. The van der Waals surface area contributed by atoms with Crippen LogP contribution in [0.25, 0.3) is 0 Å². The van der Waals surface area contributed by atoms with Crippen LogP contribution in [0.3, 0.4) is 0 Å². The van der Waals surface area contributed by atoms with Crippen molar-refractivity contribution < 1.29 is 4.52 Å². The second-order valence-corrected chi connectivity index (χ2v) is 5.97. The maximum Gasteiger partial charge on any atom is 0.240 e. The topological polar surface area (TPSA) is 42.2 Å². The van der Waals surface area contributed by atoms with Crippen LogP contribution in [-0.4, -0.2) is 28.1 Å². The second kappa shape index (κ2) is 7.05. The molecule has 1 aliphatic rings. The lowest BCUT2D eigenvalue weighted by atomic mass is 10.1. The highest BCUT2D eigenvalue weighted by Gasteiger charge is 2.14. The summed E-state index contributed by atoms with van der Waals surface area (Å²) in [5, 5.41) is 4.82. The molecule has 3 rings (SSSR count). The molecule has 2 heterocycles. The normalized spacial score (nSPS) is 16.8. The lowest BCUT2D eigenvalue weighted by Gasteiger charge is -2.16. The maximum atomic E-state index is 6.16. The van der Waals surface area contributed by atoms with Crippen molar-refractivity contribution in [1.29, 1.82) is 0 Å². The number of likely N-dealkylation sites (tertiary alicyclic amines) is 1. The van der Waals surface area contributed by atoms with Gasteiger partial charge in [-0.1, -0.05) is 47.8 Å². The predicted octanol–water partition coefficient (Wildman–Crippen LogP) is 3.69. The summed E-state index contributed by atoms with van der Waals surface area (Å²) in [6.45, 7) is 3.01. The van der Waals surface area contributed by atoms with E-state index < -0.39 is 0 Å². The van der Waals surface area contributed by atoms with Gasteiger partial charge >= 0.3 is 0 Å². The molecular formula is C16H20ClN3O. The van der Waals surface area contributed by atoms with Crippen molar-refractivity contribution in [2.45, 2.75) is 38.6 Å². The third kappa shape index (κ3) is 4.05. The van der Waals surface area contributed by atoms with Gasteiger partial charge in [-0.15, -0.1) is 0 Å². The molecule has 2 aromatic rings. The highest BCUT2D eigenvalue weighted by atomic mass is 35.5. The zero-order valence-electron chi connectivity index (χ0n) is 12.1. The maximum absolute atomic E-state index is 6.16. The van der Waals surface area contributed by atoms with Gasteiger partial charge in [0, 0.05) is 11.4 Å². The summed E-state index contributed by atoms with van der Waals surface area (Å²) in [6, 6.07) is 7.77. The van der Waals surface area contributed by atoms with Gasteiger partial charge in [-0.05, 0) is 37.6 Å². The molecule has 0 amide bonds. The standard InChI is InChI=1S/C16H20ClN3O/c17-14-8-4-3-7-13(14)11-15-18-16(21-19-15)12-20-9-5-1-2-6-10-20/h3-4,7-8H,1-2,5-6,9-12H2. The number of halogens is 1. The number of hydrogen-bond acceptors (Lipinski definition) is 4. The Morgan fingerprint density at radius 3 is 2.62 bits per heavy atom. The van der Waals surface area contributed by atoms with E-state index in [9.17, 15) is 0 Å². The molecule has 1 aliphatic heterocycles. The minimum absolute atomic E-state index is 0.614. The largest absolute Gasteiger partial charge is 0.338 e. The average Bonchev–Trinajstić information content (AvgIpc) is 2.75. The first-order valence-corrected chi connectivity index (χ1v) is 7.96. The van der Waals surface area contributed by atoms with Gasteiger partial charge in [-0.3, -0.25) is 4.90 Å². The molecule has 1 fully saturated rings. The van der Waals surface area contributed by atoms with Crippen LogP contribution >= 0.6 is 11.6 Å². The summed E-state index contributed by atoms with van der Waals surface area (Å²) in [5.41, 5.74) is 1.03. The minimum Gasteiger partial charge on any atom is -0.338 e. The number of rotatable bonds is 4. The third-order valence-electron chi connectivity index (χ3n) is 3.87. The Balaban J connectivity index is 1.62. The van der Waals surface area contributed by atoms with Crippen LogP contribution < -0.4 is 0 Å².